The molecule has 1 fully saturated rings. The van der Waals surface area contributed by atoms with Crippen LogP contribution < -0.4 is 21.8 Å². The molecule has 0 unspecified atom stereocenters. The quantitative estimate of drug-likeness (QED) is 0.336. The predicted molar refractivity (Wildman–Crippen MR) is 122 cm³/mol. The fourth-order valence-corrected chi connectivity index (χ4v) is 3.99. The van der Waals surface area contributed by atoms with Crippen molar-refractivity contribution in [3.63, 3.8) is 0 Å². The predicted octanol–water partition coefficient (Wildman–Crippen LogP) is 4.60. The van der Waals surface area contributed by atoms with Crippen molar-refractivity contribution in [2.75, 3.05) is 29.5 Å². The lowest BCUT2D eigenvalue weighted by molar-refractivity contribution is 0.767. The topological polar surface area (TPSA) is 72.1 Å². The molecule has 1 heterocycles. The molecular weight excluding hydrogens is 360 g/mol. The van der Waals surface area contributed by atoms with Crippen LogP contribution in [0.4, 0.5) is 17.1 Å². The second kappa shape index (κ2) is 7.17. The van der Waals surface area contributed by atoms with Crippen molar-refractivity contribution in [2.24, 2.45) is 0 Å². The van der Waals surface area contributed by atoms with E-state index in [9.17, 15) is 4.79 Å². The minimum Gasteiger partial charge on any atom is -0.398 e. The first-order valence-electron chi connectivity index (χ1n) is 10.1. The van der Waals surface area contributed by atoms with Gasteiger partial charge in [-0.3, -0.25) is 4.79 Å². The number of anilines is 3. The maximum Gasteiger partial charge on any atom is 0.191 e. The summed E-state index contributed by atoms with van der Waals surface area (Å²) in [5.74, 6) is 0. The van der Waals surface area contributed by atoms with Crippen molar-refractivity contribution in [3.8, 4) is 0 Å². The van der Waals surface area contributed by atoms with Crippen LogP contribution in [0, 0.1) is 0 Å². The third-order valence-corrected chi connectivity index (χ3v) is 5.56. The van der Waals surface area contributed by atoms with E-state index in [0.717, 1.165) is 42.8 Å². The summed E-state index contributed by atoms with van der Waals surface area (Å²) in [6.07, 6.45) is 4.21. The smallest absolute Gasteiger partial charge is 0.191 e. The lowest BCUT2D eigenvalue weighted by Crippen LogP contribution is -2.15. The van der Waals surface area contributed by atoms with Crippen LogP contribution in [-0.2, 0) is 0 Å². The van der Waals surface area contributed by atoms with E-state index >= 15 is 0 Å². The Hall–Kier alpha value is -3.47. The number of benzene rings is 3. The lowest BCUT2D eigenvalue weighted by Gasteiger charge is -2.15. The van der Waals surface area contributed by atoms with Gasteiger partial charge in [-0.1, -0.05) is 36.4 Å². The van der Waals surface area contributed by atoms with Crippen molar-refractivity contribution >= 4 is 38.7 Å². The molecular formula is C24H24N4O. The van der Waals surface area contributed by atoms with E-state index in [1.165, 1.54) is 10.8 Å². The summed E-state index contributed by atoms with van der Waals surface area (Å²) >= 11 is 0. The second-order valence-corrected chi connectivity index (χ2v) is 7.66. The highest BCUT2D eigenvalue weighted by molar-refractivity contribution is 5.94. The minimum atomic E-state index is -0.0152. The molecule has 1 aliphatic rings. The molecule has 0 atom stereocenters. The van der Waals surface area contributed by atoms with Gasteiger partial charge in [0.05, 0.1) is 10.9 Å². The van der Waals surface area contributed by atoms with Crippen LogP contribution in [-0.4, -0.2) is 17.7 Å². The van der Waals surface area contributed by atoms with Crippen molar-refractivity contribution in [1.29, 1.82) is 0 Å². The van der Waals surface area contributed by atoms with E-state index in [4.69, 9.17) is 5.73 Å². The normalized spacial score (nSPS) is 13.7. The molecule has 0 bridgehead atoms. The maximum atomic E-state index is 12.3. The number of nitrogens with two attached hydrogens (primary N) is 1. The highest BCUT2D eigenvalue weighted by Crippen LogP contribution is 2.37. The summed E-state index contributed by atoms with van der Waals surface area (Å²) in [7, 11) is 0. The first kappa shape index (κ1) is 17.6. The van der Waals surface area contributed by atoms with Crippen LogP contribution in [0.15, 0.2) is 71.7 Å². The van der Waals surface area contributed by atoms with Crippen LogP contribution >= 0.6 is 0 Å². The van der Waals surface area contributed by atoms with Gasteiger partial charge < -0.3 is 20.9 Å². The summed E-state index contributed by atoms with van der Waals surface area (Å²) < 4.78 is 2.19. The largest absolute Gasteiger partial charge is 0.398 e. The van der Waals surface area contributed by atoms with Crippen LogP contribution in [0.25, 0.3) is 21.7 Å². The van der Waals surface area contributed by atoms with Crippen molar-refractivity contribution < 1.29 is 0 Å². The molecule has 0 spiro atoms. The zero-order valence-electron chi connectivity index (χ0n) is 16.2. The van der Waals surface area contributed by atoms with E-state index in [1.54, 1.807) is 6.07 Å². The Morgan fingerprint density at radius 2 is 1.76 bits per heavy atom. The zero-order chi connectivity index (χ0) is 19.8. The summed E-state index contributed by atoms with van der Waals surface area (Å²) in [6.45, 7) is 1.52. The Kier molecular flexibility index (Phi) is 4.35. The Morgan fingerprint density at radius 1 is 0.966 bits per heavy atom. The van der Waals surface area contributed by atoms with Gasteiger partial charge >= 0.3 is 0 Å². The van der Waals surface area contributed by atoms with Crippen LogP contribution in [0.5, 0.6) is 0 Å². The molecule has 0 amide bonds. The monoisotopic (exact) mass is 384 g/mol. The second-order valence-electron chi connectivity index (χ2n) is 7.66. The molecule has 5 rings (SSSR count). The van der Waals surface area contributed by atoms with Gasteiger partial charge in [-0.15, -0.1) is 0 Å². The van der Waals surface area contributed by atoms with E-state index in [2.05, 4.69) is 57.7 Å². The third kappa shape index (κ3) is 3.40. The average Bonchev–Trinajstić information content (AvgIpc) is 3.56. The molecule has 5 heteroatoms. The number of hydrogen-bond acceptors (Lipinski definition) is 4. The van der Waals surface area contributed by atoms with Gasteiger partial charge in [0.25, 0.3) is 0 Å². The number of fused-ring (bicyclic) bond motifs is 2. The summed E-state index contributed by atoms with van der Waals surface area (Å²) in [5.41, 5.74) is 9.75. The molecule has 1 saturated carbocycles. The highest BCUT2D eigenvalue weighted by atomic mass is 16.1. The number of nitrogens with one attached hydrogen (secondary N) is 2. The fraction of sp³-hybridized carbons (Fsp3) is 0.208. The van der Waals surface area contributed by atoms with Gasteiger partial charge in [0.1, 0.15) is 0 Å². The van der Waals surface area contributed by atoms with Crippen molar-refractivity contribution in [1.82, 2.24) is 4.57 Å². The van der Waals surface area contributed by atoms with E-state index in [0.29, 0.717) is 17.1 Å². The summed E-state index contributed by atoms with van der Waals surface area (Å²) in [4.78, 5) is 12.3. The van der Waals surface area contributed by atoms with Gasteiger partial charge in [-0.2, -0.15) is 0 Å². The van der Waals surface area contributed by atoms with Gasteiger partial charge in [0.2, 0.25) is 0 Å². The number of hydrogen-bond donors (Lipinski definition) is 3. The molecule has 1 aromatic heterocycles. The first-order chi connectivity index (χ1) is 14.2. The SMILES string of the molecule is Nc1cc(NCCNc2cccc3ccccc23)cc2c1c(=O)ccn2C1CC1. The van der Waals surface area contributed by atoms with Crippen LogP contribution in [0.2, 0.25) is 0 Å². The summed E-state index contributed by atoms with van der Waals surface area (Å²) in [5, 5.41) is 10.0. The number of rotatable bonds is 6. The molecule has 4 aromatic rings. The number of pyridine rings is 1. The van der Waals surface area contributed by atoms with Crippen molar-refractivity contribution in [3.05, 3.63) is 77.1 Å². The average molecular weight is 384 g/mol. The standard InChI is InChI=1S/C24H24N4O/c25-20-14-17(15-22-24(20)23(29)10-13-28(22)18-8-9-18)26-11-12-27-21-7-3-5-16-4-1-2-6-19(16)21/h1-7,10,13-15,18,26-27H,8-9,11-12,25H2. The molecule has 0 radical (unpaired) electrons. The van der Waals surface area contributed by atoms with Crippen molar-refractivity contribution in [2.45, 2.75) is 18.9 Å². The summed E-state index contributed by atoms with van der Waals surface area (Å²) in [6, 6.07) is 20.7. The zero-order valence-corrected chi connectivity index (χ0v) is 16.2. The molecule has 4 N–H and O–H groups in total. The van der Waals surface area contributed by atoms with Crippen LogP contribution in [0.3, 0.4) is 0 Å². The molecule has 5 nitrogen and oxygen atoms in total. The van der Waals surface area contributed by atoms with Gasteiger partial charge in [-0.05, 0) is 36.4 Å². The Balaban J connectivity index is 1.33. The molecule has 1 aliphatic carbocycles. The van der Waals surface area contributed by atoms with Gasteiger partial charge in [0.15, 0.2) is 5.43 Å². The van der Waals surface area contributed by atoms with E-state index in [1.807, 2.05) is 18.3 Å². The fourth-order valence-electron chi connectivity index (χ4n) is 3.99. The van der Waals surface area contributed by atoms with E-state index in [-0.39, 0.29) is 5.43 Å². The third-order valence-electron chi connectivity index (χ3n) is 5.56. The molecule has 29 heavy (non-hydrogen) atoms. The first-order valence-corrected chi connectivity index (χ1v) is 10.1. The molecule has 146 valence electrons. The number of nitrogens with zero attached hydrogens (tertiary/aromatic N) is 1. The minimum absolute atomic E-state index is 0.0152. The Bertz CT molecular complexity index is 1250. The number of aromatic nitrogens is 1. The van der Waals surface area contributed by atoms with E-state index < -0.39 is 0 Å². The van der Waals surface area contributed by atoms with Gasteiger partial charge in [-0.25, -0.2) is 0 Å². The molecule has 3 aromatic carbocycles. The van der Waals surface area contributed by atoms with Gasteiger partial charge in [0, 0.05) is 53.8 Å². The number of nitrogen functional groups attached to an aromatic ring is 1. The molecule has 0 aliphatic heterocycles. The Morgan fingerprint density at radius 3 is 2.62 bits per heavy atom. The molecule has 0 saturated heterocycles. The maximum absolute atomic E-state index is 12.3. The Labute approximate surface area is 169 Å². The lowest BCUT2D eigenvalue weighted by atomic mass is 10.1. The highest BCUT2D eigenvalue weighted by Gasteiger charge is 2.24. The van der Waals surface area contributed by atoms with Crippen LogP contribution in [0.1, 0.15) is 18.9 Å².